The number of hydrogen-bond donors (Lipinski definition) is 0. The number of carbonyl (C=O) groups is 1. The smallest absolute Gasteiger partial charge is 0.442 e. The van der Waals surface area contributed by atoms with Crippen molar-refractivity contribution >= 4 is 15.8 Å². The minimum Gasteiger partial charge on any atom is -0.490 e. The standard InChI is InChI=1S/C18H23NO4S/c1-5-14-11-12-15(22-14)13-24(21,16-9-7-6-8-10-16)19-17(20)23-18(2,3)4/h5-10,13-14H,1,11-12H2,2-4H3/b15-13+. The van der Waals surface area contributed by atoms with E-state index in [0.29, 0.717) is 17.1 Å². The summed E-state index contributed by atoms with van der Waals surface area (Å²) < 4.78 is 28.1. The minimum atomic E-state index is -3.13. The van der Waals surface area contributed by atoms with E-state index in [4.69, 9.17) is 9.47 Å². The molecule has 1 aromatic rings. The normalized spacial score (nSPS) is 21.6. The first-order valence-corrected chi connectivity index (χ1v) is 9.35. The van der Waals surface area contributed by atoms with E-state index in [9.17, 15) is 9.00 Å². The van der Waals surface area contributed by atoms with E-state index in [2.05, 4.69) is 10.9 Å². The molecule has 1 saturated heterocycles. The molecule has 24 heavy (non-hydrogen) atoms. The highest BCUT2D eigenvalue weighted by Gasteiger charge is 2.23. The Morgan fingerprint density at radius 3 is 2.58 bits per heavy atom. The molecule has 0 spiro atoms. The largest absolute Gasteiger partial charge is 0.490 e. The molecule has 1 heterocycles. The van der Waals surface area contributed by atoms with E-state index in [1.807, 2.05) is 6.07 Å². The Morgan fingerprint density at radius 2 is 2.04 bits per heavy atom. The number of benzene rings is 1. The molecule has 1 aliphatic rings. The molecule has 1 aliphatic heterocycles. The Kier molecular flexibility index (Phi) is 5.49. The first-order valence-electron chi connectivity index (χ1n) is 7.77. The van der Waals surface area contributed by atoms with Crippen LogP contribution in [0.3, 0.4) is 0 Å². The Labute approximate surface area is 143 Å². The molecule has 1 fully saturated rings. The van der Waals surface area contributed by atoms with Crippen molar-refractivity contribution in [2.75, 3.05) is 0 Å². The fourth-order valence-electron chi connectivity index (χ4n) is 2.18. The monoisotopic (exact) mass is 349 g/mol. The quantitative estimate of drug-likeness (QED) is 0.745. The maximum atomic E-state index is 13.4. The van der Waals surface area contributed by atoms with Crippen LogP contribution in [0.2, 0.25) is 0 Å². The second-order valence-corrected chi connectivity index (χ2v) is 8.50. The molecule has 2 rings (SSSR count). The van der Waals surface area contributed by atoms with Crippen LogP contribution in [0.5, 0.6) is 0 Å². The van der Waals surface area contributed by atoms with Crippen molar-refractivity contribution in [3.63, 3.8) is 0 Å². The van der Waals surface area contributed by atoms with Gasteiger partial charge in [-0.2, -0.15) is 0 Å². The van der Waals surface area contributed by atoms with Crippen LogP contribution in [-0.4, -0.2) is 22.0 Å². The number of carbonyl (C=O) groups excluding carboxylic acids is 1. The van der Waals surface area contributed by atoms with Gasteiger partial charge in [-0.1, -0.05) is 30.9 Å². The van der Waals surface area contributed by atoms with E-state index in [1.165, 1.54) is 5.41 Å². The zero-order valence-corrected chi connectivity index (χ0v) is 15.0. The summed E-state index contributed by atoms with van der Waals surface area (Å²) in [7, 11) is -3.13. The summed E-state index contributed by atoms with van der Waals surface area (Å²) in [6.07, 6.45) is 2.15. The second-order valence-electron chi connectivity index (χ2n) is 6.47. The lowest BCUT2D eigenvalue weighted by molar-refractivity contribution is 0.0607. The molecule has 0 N–H and O–H groups in total. The molecule has 0 saturated carbocycles. The van der Waals surface area contributed by atoms with Gasteiger partial charge in [-0.3, -0.25) is 0 Å². The zero-order valence-electron chi connectivity index (χ0n) is 14.2. The molecule has 2 unspecified atom stereocenters. The van der Waals surface area contributed by atoms with Crippen LogP contribution in [0.15, 0.2) is 63.4 Å². The average molecular weight is 349 g/mol. The van der Waals surface area contributed by atoms with Gasteiger partial charge >= 0.3 is 6.09 Å². The molecule has 5 nitrogen and oxygen atoms in total. The van der Waals surface area contributed by atoms with Gasteiger partial charge in [-0.25, -0.2) is 9.00 Å². The van der Waals surface area contributed by atoms with Gasteiger partial charge in [0, 0.05) is 6.42 Å². The molecule has 0 radical (unpaired) electrons. The third kappa shape index (κ3) is 4.96. The van der Waals surface area contributed by atoms with Crippen LogP contribution < -0.4 is 0 Å². The number of nitrogens with zero attached hydrogens (tertiary/aromatic N) is 1. The van der Waals surface area contributed by atoms with Crippen molar-refractivity contribution in [1.29, 1.82) is 0 Å². The lowest BCUT2D eigenvalue weighted by atomic mass is 10.2. The van der Waals surface area contributed by atoms with Crippen LogP contribution >= 0.6 is 0 Å². The van der Waals surface area contributed by atoms with Crippen LogP contribution in [0.25, 0.3) is 0 Å². The van der Waals surface area contributed by atoms with Gasteiger partial charge in [0.2, 0.25) is 0 Å². The van der Waals surface area contributed by atoms with Gasteiger partial charge in [-0.05, 0) is 39.3 Å². The number of rotatable bonds is 3. The Bertz CT molecular complexity index is 753. The first-order chi connectivity index (χ1) is 11.2. The highest BCUT2D eigenvalue weighted by atomic mass is 32.2. The van der Waals surface area contributed by atoms with Crippen molar-refractivity contribution < 1.29 is 18.5 Å². The lowest BCUT2D eigenvalue weighted by Gasteiger charge is -2.17. The molecule has 6 heteroatoms. The minimum absolute atomic E-state index is 0.0998. The predicted octanol–water partition coefficient (Wildman–Crippen LogP) is 4.66. The average Bonchev–Trinajstić information content (AvgIpc) is 2.93. The second kappa shape index (κ2) is 7.21. The summed E-state index contributed by atoms with van der Waals surface area (Å²) in [6.45, 7) is 8.90. The summed E-state index contributed by atoms with van der Waals surface area (Å²) in [4.78, 5) is 12.5. The highest BCUT2D eigenvalue weighted by Crippen LogP contribution is 2.27. The fraction of sp³-hybridized carbons (Fsp3) is 0.389. The van der Waals surface area contributed by atoms with Crippen LogP contribution in [0.1, 0.15) is 33.6 Å². The van der Waals surface area contributed by atoms with Gasteiger partial charge < -0.3 is 9.47 Å². The van der Waals surface area contributed by atoms with Crippen molar-refractivity contribution in [2.45, 2.75) is 50.2 Å². The van der Waals surface area contributed by atoms with E-state index in [1.54, 1.807) is 51.1 Å². The van der Waals surface area contributed by atoms with Crippen LogP contribution in [-0.2, 0) is 19.2 Å². The van der Waals surface area contributed by atoms with Crippen LogP contribution in [0.4, 0.5) is 4.79 Å². The Morgan fingerprint density at radius 1 is 1.38 bits per heavy atom. The maximum Gasteiger partial charge on any atom is 0.442 e. The van der Waals surface area contributed by atoms with Crippen molar-refractivity contribution in [3.8, 4) is 0 Å². The van der Waals surface area contributed by atoms with Gasteiger partial charge in [0.05, 0.1) is 10.3 Å². The maximum absolute atomic E-state index is 13.4. The third-order valence-corrected chi connectivity index (χ3v) is 5.17. The molecule has 1 aromatic carbocycles. The molecular formula is C18H23NO4S. The summed E-state index contributed by atoms with van der Waals surface area (Å²) in [6, 6.07) is 8.66. The highest BCUT2D eigenvalue weighted by molar-refractivity contribution is 7.96. The van der Waals surface area contributed by atoms with Crippen molar-refractivity contribution in [2.24, 2.45) is 4.36 Å². The molecule has 2 atom stereocenters. The lowest BCUT2D eigenvalue weighted by Crippen LogP contribution is -2.22. The van der Waals surface area contributed by atoms with Crippen LogP contribution in [0, 0.1) is 0 Å². The molecule has 0 aromatic heterocycles. The van der Waals surface area contributed by atoms with E-state index >= 15 is 0 Å². The third-order valence-electron chi connectivity index (χ3n) is 3.22. The van der Waals surface area contributed by atoms with Gasteiger partial charge in [0.15, 0.2) is 0 Å². The molecule has 1 amide bonds. The van der Waals surface area contributed by atoms with E-state index < -0.39 is 21.4 Å². The van der Waals surface area contributed by atoms with Gasteiger partial charge in [0.1, 0.15) is 27.2 Å². The molecule has 0 bridgehead atoms. The van der Waals surface area contributed by atoms with E-state index in [0.717, 1.165) is 6.42 Å². The zero-order chi connectivity index (χ0) is 17.8. The SMILES string of the molecule is C=CC1CC/C(=C\S(=O)(=NC(=O)OC(C)(C)C)c2ccccc2)O1. The predicted molar refractivity (Wildman–Crippen MR) is 93.9 cm³/mol. The van der Waals surface area contributed by atoms with Gasteiger partial charge in [-0.15, -0.1) is 4.36 Å². The molecular weight excluding hydrogens is 326 g/mol. The Hall–Kier alpha value is -2.08. The number of amides is 1. The summed E-state index contributed by atoms with van der Waals surface area (Å²) >= 11 is 0. The number of hydrogen-bond acceptors (Lipinski definition) is 4. The number of allylic oxidation sites excluding steroid dienone is 1. The van der Waals surface area contributed by atoms with Crippen molar-refractivity contribution in [3.05, 3.63) is 54.2 Å². The topological polar surface area (TPSA) is 65.0 Å². The Balaban J connectivity index is 2.44. The molecule has 130 valence electrons. The van der Waals surface area contributed by atoms with Gasteiger partial charge in [0.25, 0.3) is 0 Å². The first kappa shape index (κ1) is 18.3. The summed E-state index contributed by atoms with van der Waals surface area (Å²) in [5.74, 6) is 0.557. The van der Waals surface area contributed by atoms with Crippen molar-refractivity contribution in [1.82, 2.24) is 0 Å². The van der Waals surface area contributed by atoms with E-state index in [-0.39, 0.29) is 6.10 Å². The summed E-state index contributed by atoms with van der Waals surface area (Å²) in [5.41, 5.74) is -0.706. The number of ether oxygens (including phenoxy) is 2. The summed E-state index contributed by atoms with van der Waals surface area (Å²) in [5, 5.41) is 1.44. The molecule has 0 aliphatic carbocycles. The fourth-order valence-corrected chi connectivity index (χ4v) is 3.81.